The lowest BCUT2D eigenvalue weighted by molar-refractivity contribution is -0.130. The van der Waals surface area contributed by atoms with Crippen molar-refractivity contribution in [3.05, 3.63) is 29.0 Å². The second kappa shape index (κ2) is 6.52. The third kappa shape index (κ3) is 3.92. The Morgan fingerprint density at radius 2 is 2.05 bits per heavy atom. The summed E-state index contributed by atoms with van der Waals surface area (Å²) in [5.74, 6) is -0.345. The molecule has 0 radical (unpaired) electrons. The van der Waals surface area contributed by atoms with Crippen molar-refractivity contribution in [3.8, 4) is 0 Å². The monoisotopic (exact) mass is 281 g/mol. The standard InChI is InChI=1S/C13H16ClN3O2/c14-11-8-10(4-5-15-11)13(19)16-9-12(18)17-6-2-1-3-7-17/h4-5,8H,1-3,6-7,9H2,(H,16,19). The van der Waals surface area contributed by atoms with Crippen LogP contribution in [0.15, 0.2) is 18.3 Å². The fraction of sp³-hybridized carbons (Fsp3) is 0.462. The van der Waals surface area contributed by atoms with Crippen LogP contribution in [0.25, 0.3) is 0 Å². The SMILES string of the molecule is O=C(NCC(=O)N1CCCCC1)c1ccnc(Cl)c1. The van der Waals surface area contributed by atoms with Crippen molar-refractivity contribution in [1.82, 2.24) is 15.2 Å². The van der Waals surface area contributed by atoms with Crippen LogP contribution in [0.2, 0.25) is 5.15 Å². The second-order valence-electron chi connectivity index (χ2n) is 4.49. The minimum Gasteiger partial charge on any atom is -0.343 e. The molecule has 0 spiro atoms. The zero-order chi connectivity index (χ0) is 13.7. The summed E-state index contributed by atoms with van der Waals surface area (Å²) in [6.45, 7) is 1.60. The lowest BCUT2D eigenvalue weighted by Gasteiger charge is -2.26. The molecular weight excluding hydrogens is 266 g/mol. The van der Waals surface area contributed by atoms with E-state index in [9.17, 15) is 9.59 Å². The Bertz CT molecular complexity index is 473. The molecule has 1 fully saturated rings. The van der Waals surface area contributed by atoms with E-state index in [0.29, 0.717) is 5.56 Å². The Kier molecular flexibility index (Phi) is 4.74. The normalized spacial score (nSPS) is 15.1. The number of hydrogen-bond donors (Lipinski definition) is 1. The maximum Gasteiger partial charge on any atom is 0.251 e. The van der Waals surface area contributed by atoms with Crippen LogP contribution >= 0.6 is 11.6 Å². The Labute approximate surface area is 117 Å². The van der Waals surface area contributed by atoms with Crippen LogP contribution in [0.1, 0.15) is 29.6 Å². The van der Waals surface area contributed by atoms with Gasteiger partial charge in [0.15, 0.2) is 0 Å². The number of aromatic nitrogens is 1. The molecular formula is C13H16ClN3O2. The number of rotatable bonds is 3. The van der Waals surface area contributed by atoms with Crippen molar-refractivity contribution < 1.29 is 9.59 Å². The number of piperidine rings is 1. The number of likely N-dealkylation sites (tertiary alicyclic amines) is 1. The molecule has 2 rings (SSSR count). The molecule has 0 bridgehead atoms. The summed E-state index contributed by atoms with van der Waals surface area (Å²) in [5, 5.41) is 2.87. The second-order valence-corrected chi connectivity index (χ2v) is 4.88. The van der Waals surface area contributed by atoms with Gasteiger partial charge in [-0.25, -0.2) is 4.98 Å². The molecule has 0 unspecified atom stereocenters. The maximum atomic E-state index is 11.9. The third-order valence-corrected chi connectivity index (χ3v) is 3.30. The highest BCUT2D eigenvalue weighted by molar-refractivity contribution is 6.29. The highest BCUT2D eigenvalue weighted by Gasteiger charge is 2.17. The molecule has 1 aromatic heterocycles. The van der Waals surface area contributed by atoms with Crippen LogP contribution in [0, 0.1) is 0 Å². The van der Waals surface area contributed by atoms with E-state index in [-0.39, 0.29) is 23.5 Å². The average Bonchev–Trinajstić information content (AvgIpc) is 2.45. The van der Waals surface area contributed by atoms with E-state index < -0.39 is 0 Å². The number of carbonyl (C=O) groups excluding carboxylic acids is 2. The van der Waals surface area contributed by atoms with Gasteiger partial charge in [-0.3, -0.25) is 9.59 Å². The Morgan fingerprint density at radius 1 is 1.32 bits per heavy atom. The summed E-state index contributed by atoms with van der Waals surface area (Å²) in [4.78, 5) is 29.3. The van der Waals surface area contributed by atoms with Crippen LogP contribution in [0.4, 0.5) is 0 Å². The van der Waals surface area contributed by atoms with Crippen molar-refractivity contribution in [2.24, 2.45) is 0 Å². The molecule has 0 aliphatic carbocycles. The summed E-state index contributed by atoms with van der Waals surface area (Å²) < 4.78 is 0. The molecule has 0 aromatic carbocycles. The number of pyridine rings is 1. The molecule has 2 amide bonds. The molecule has 1 saturated heterocycles. The topological polar surface area (TPSA) is 62.3 Å². The Balaban J connectivity index is 1.84. The number of amides is 2. The van der Waals surface area contributed by atoms with Gasteiger partial charge in [0.05, 0.1) is 6.54 Å². The molecule has 0 atom stereocenters. The number of carbonyl (C=O) groups is 2. The number of halogens is 1. The van der Waals surface area contributed by atoms with Gasteiger partial charge in [0.2, 0.25) is 5.91 Å². The van der Waals surface area contributed by atoms with E-state index in [1.54, 1.807) is 11.0 Å². The first-order valence-electron chi connectivity index (χ1n) is 6.34. The molecule has 6 heteroatoms. The minimum atomic E-state index is -0.311. The summed E-state index contributed by atoms with van der Waals surface area (Å²) in [6, 6.07) is 3.04. The molecule has 19 heavy (non-hydrogen) atoms. The summed E-state index contributed by atoms with van der Waals surface area (Å²) >= 11 is 5.71. The van der Waals surface area contributed by atoms with Crippen molar-refractivity contribution >= 4 is 23.4 Å². The average molecular weight is 282 g/mol. The summed E-state index contributed by atoms with van der Waals surface area (Å²) in [7, 11) is 0. The fourth-order valence-electron chi connectivity index (χ4n) is 2.06. The van der Waals surface area contributed by atoms with E-state index >= 15 is 0 Å². The van der Waals surface area contributed by atoms with Crippen LogP contribution in [0.3, 0.4) is 0 Å². The van der Waals surface area contributed by atoms with Crippen LogP contribution in [-0.2, 0) is 4.79 Å². The van der Waals surface area contributed by atoms with E-state index in [1.165, 1.54) is 18.7 Å². The first-order chi connectivity index (χ1) is 9.16. The molecule has 1 N–H and O–H groups in total. The highest BCUT2D eigenvalue weighted by atomic mass is 35.5. The van der Waals surface area contributed by atoms with Gasteiger partial charge in [-0.1, -0.05) is 11.6 Å². The maximum absolute atomic E-state index is 11.9. The van der Waals surface area contributed by atoms with E-state index in [1.807, 2.05) is 0 Å². The van der Waals surface area contributed by atoms with Crippen molar-refractivity contribution in [2.75, 3.05) is 19.6 Å². The van der Waals surface area contributed by atoms with Gasteiger partial charge in [-0.15, -0.1) is 0 Å². The first-order valence-corrected chi connectivity index (χ1v) is 6.72. The predicted octanol–water partition coefficient (Wildman–Crippen LogP) is 1.48. The molecule has 0 saturated carbocycles. The lowest BCUT2D eigenvalue weighted by Crippen LogP contribution is -2.42. The van der Waals surface area contributed by atoms with E-state index in [2.05, 4.69) is 10.3 Å². The number of nitrogens with zero attached hydrogens (tertiary/aromatic N) is 2. The van der Waals surface area contributed by atoms with Gasteiger partial charge < -0.3 is 10.2 Å². The van der Waals surface area contributed by atoms with Crippen LogP contribution in [-0.4, -0.2) is 41.3 Å². The number of nitrogens with one attached hydrogen (secondary N) is 1. The van der Waals surface area contributed by atoms with Gasteiger partial charge >= 0.3 is 0 Å². The van der Waals surface area contributed by atoms with Crippen LogP contribution < -0.4 is 5.32 Å². The van der Waals surface area contributed by atoms with Gasteiger partial charge in [0.25, 0.3) is 5.91 Å². The first kappa shape index (κ1) is 13.8. The summed E-state index contributed by atoms with van der Waals surface area (Å²) in [5.41, 5.74) is 0.409. The molecule has 102 valence electrons. The molecule has 2 heterocycles. The minimum absolute atomic E-state index is 0.0266. The summed E-state index contributed by atoms with van der Waals surface area (Å²) in [6.07, 6.45) is 4.72. The van der Waals surface area contributed by atoms with E-state index in [4.69, 9.17) is 11.6 Å². The van der Waals surface area contributed by atoms with Gasteiger partial charge in [0.1, 0.15) is 5.15 Å². The zero-order valence-electron chi connectivity index (χ0n) is 10.6. The molecule has 5 nitrogen and oxygen atoms in total. The predicted molar refractivity (Wildman–Crippen MR) is 72.0 cm³/mol. The molecule has 1 aliphatic heterocycles. The zero-order valence-corrected chi connectivity index (χ0v) is 11.3. The quantitative estimate of drug-likeness (QED) is 0.854. The van der Waals surface area contributed by atoms with Crippen LogP contribution in [0.5, 0.6) is 0 Å². The fourth-order valence-corrected chi connectivity index (χ4v) is 2.23. The van der Waals surface area contributed by atoms with Gasteiger partial charge in [0, 0.05) is 24.8 Å². The Morgan fingerprint density at radius 3 is 2.74 bits per heavy atom. The van der Waals surface area contributed by atoms with Gasteiger partial charge in [-0.05, 0) is 31.4 Å². The highest BCUT2D eigenvalue weighted by Crippen LogP contribution is 2.09. The van der Waals surface area contributed by atoms with E-state index in [0.717, 1.165) is 25.9 Å². The van der Waals surface area contributed by atoms with Gasteiger partial charge in [-0.2, -0.15) is 0 Å². The molecule has 1 aliphatic rings. The largest absolute Gasteiger partial charge is 0.343 e. The Hall–Kier alpha value is -1.62. The number of hydrogen-bond acceptors (Lipinski definition) is 3. The smallest absolute Gasteiger partial charge is 0.251 e. The van der Waals surface area contributed by atoms with Crippen molar-refractivity contribution in [2.45, 2.75) is 19.3 Å². The molecule has 1 aromatic rings. The third-order valence-electron chi connectivity index (χ3n) is 3.10. The van der Waals surface area contributed by atoms with Crippen molar-refractivity contribution in [1.29, 1.82) is 0 Å². The lowest BCUT2D eigenvalue weighted by atomic mass is 10.1. The van der Waals surface area contributed by atoms with Crippen molar-refractivity contribution in [3.63, 3.8) is 0 Å².